The van der Waals surface area contributed by atoms with Crippen molar-refractivity contribution in [2.24, 2.45) is 5.73 Å². The lowest BCUT2D eigenvalue weighted by Gasteiger charge is -2.19. The second-order valence-corrected chi connectivity index (χ2v) is 6.81. The second kappa shape index (κ2) is 8.02. The van der Waals surface area contributed by atoms with Crippen LogP contribution >= 0.6 is 0 Å². The number of hydrogen-bond acceptors (Lipinski definition) is 2. The van der Waals surface area contributed by atoms with Crippen molar-refractivity contribution < 1.29 is 13.2 Å². The molecule has 1 heterocycles. The van der Waals surface area contributed by atoms with E-state index in [0.29, 0.717) is 18.4 Å². The van der Waals surface area contributed by atoms with Crippen LogP contribution in [0.1, 0.15) is 29.9 Å². The highest BCUT2D eigenvalue weighted by Gasteiger charge is 2.24. The molecular formula is C20H23F3N2. The van der Waals surface area contributed by atoms with Crippen molar-refractivity contribution in [2.75, 3.05) is 19.6 Å². The minimum atomic E-state index is -1.17. The first-order valence-electron chi connectivity index (χ1n) is 8.69. The van der Waals surface area contributed by atoms with Gasteiger partial charge in [0.05, 0.1) is 0 Å². The van der Waals surface area contributed by atoms with Crippen LogP contribution in [0.25, 0.3) is 0 Å². The highest BCUT2D eigenvalue weighted by molar-refractivity contribution is 5.22. The van der Waals surface area contributed by atoms with Crippen LogP contribution in [0.15, 0.2) is 42.5 Å². The third kappa shape index (κ3) is 4.61. The van der Waals surface area contributed by atoms with Crippen molar-refractivity contribution >= 4 is 0 Å². The Hall–Kier alpha value is -1.85. The first-order valence-corrected chi connectivity index (χ1v) is 8.69. The fraction of sp³-hybridized carbons (Fsp3) is 0.400. The van der Waals surface area contributed by atoms with Crippen LogP contribution in [0.5, 0.6) is 0 Å². The topological polar surface area (TPSA) is 29.3 Å². The van der Waals surface area contributed by atoms with E-state index < -0.39 is 17.5 Å². The molecule has 5 heteroatoms. The Balaban J connectivity index is 1.48. The van der Waals surface area contributed by atoms with Gasteiger partial charge in [-0.2, -0.15) is 0 Å². The molecule has 0 amide bonds. The summed E-state index contributed by atoms with van der Waals surface area (Å²) in [4.78, 5) is 2.36. The molecule has 1 fully saturated rings. The largest absolute Gasteiger partial charge is 0.327 e. The van der Waals surface area contributed by atoms with Gasteiger partial charge in [-0.1, -0.05) is 30.3 Å². The van der Waals surface area contributed by atoms with E-state index in [1.165, 1.54) is 5.56 Å². The summed E-state index contributed by atoms with van der Waals surface area (Å²) in [7, 11) is 0. The second-order valence-electron chi connectivity index (χ2n) is 6.81. The molecule has 1 saturated heterocycles. The molecule has 2 aromatic rings. The molecule has 0 aromatic heterocycles. The minimum absolute atomic E-state index is 0.134. The number of rotatable bonds is 6. The Labute approximate surface area is 146 Å². The minimum Gasteiger partial charge on any atom is -0.327 e. The number of halogens is 3. The van der Waals surface area contributed by atoms with E-state index in [2.05, 4.69) is 29.2 Å². The number of benzene rings is 2. The Bertz CT molecular complexity index is 706. The fourth-order valence-electron chi connectivity index (χ4n) is 3.49. The zero-order valence-electron chi connectivity index (χ0n) is 14.1. The Morgan fingerprint density at radius 3 is 2.52 bits per heavy atom. The van der Waals surface area contributed by atoms with Crippen molar-refractivity contribution in [3.8, 4) is 0 Å². The maximum absolute atomic E-state index is 13.7. The first kappa shape index (κ1) is 18.0. The van der Waals surface area contributed by atoms with Gasteiger partial charge >= 0.3 is 0 Å². The van der Waals surface area contributed by atoms with Crippen LogP contribution in [-0.2, 0) is 6.42 Å². The highest BCUT2D eigenvalue weighted by atomic mass is 19.2. The smallest absolute Gasteiger partial charge is 0.161 e. The van der Waals surface area contributed by atoms with Crippen LogP contribution in [0.2, 0.25) is 0 Å². The summed E-state index contributed by atoms with van der Waals surface area (Å²) in [5.74, 6) is -2.39. The van der Waals surface area contributed by atoms with Gasteiger partial charge in [0.1, 0.15) is 5.82 Å². The Kier molecular flexibility index (Phi) is 5.76. The van der Waals surface area contributed by atoms with Gasteiger partial charge in [0.15, 0.2) is 11.6 Å². The number of nitrogens with zero attached hydrogens (tertiary/aromatic N) is 1. The summed E-state index contributed by atoms with van der Waals surface area (Å²) >= 11 is 0. The zero-order chi connectivity index (χ0) is 17.8. The predicted molar refractivity (Wildman–Crippen MR) is 92.9 cm³/mol. The molecule has 0 aliphatic carbocycles. The molecule has 2 nitrogen and oxygen atoms in total. The van der Waals surface area contributed by atoms with Gasteiger partial charge in [0, 0.05) is 18.7 Å². The third-order valence-corrected chi connectivity index (χ3v) is 4.93. The van der Waals surface area contributed by atoms with Gasteiger partial charge in [-0.3, -0.25) is 0 Å². The first-order chi connectivity index (χ1) is 12.0. The molecule has 0 spiro atoms. The maximum atomic E-state index is 13.7. The van der Waals surface area contributed by atoms with E-state index in [9.17, 15) is 13.2 Å². The molecule has 134 valence electrons. The van der Waals surface area contributed by atoms with E-state index in [-0.39, 0.29) is 18.0 Å². The molecule has 0 saturated carbocycles. The molecule has 3 rings (SSSR count). The lowest BCUT2D eigenvalue weighted by atomic mass is 9.99. The van der Waals surface area contributed by atoms with Crippen molar-refractivity contribution in [3.05, 3.63) is 71.0 Å². The molecule has 0 bridgehead atoms. The Morgan fingerprint density at radius 1 is 1.04 bits per heavy atom. The lowest BCUT2D eigenvalue weighted by Crippen LogP contribution is -2.31. The van der Waals surface area contributed by atoms with E-state index in [4.69, 9.17) is 5.73 Å². The summed E-state index contributed by atoms with van der Waals surface area (Å²) in [5.41, 5.74) is 7.57. The van der Waals surface area contributed by atoms with Gasteiger partial charge in [0.2, 0.25) is 0 Å². The maximum Gasteiger partial charge on any atom is 0.161 e. The summed E-state index contributed by atoms with van der Waals surface area (Å²) in [6.45, 7) is 2.85. The van der Waals surface area contributed by atoms with Crippen LogP contribution in [-0.4, -0.2) is 30.6 Å². The summed E-state index contributed by atoms with van der Waals surface area (Å²) in [6, 6.07) is 11.7. The van der Waals surface area contributed by atoms with Crippen molar-refractivity contribution in [3.63, 3.8) is 0 Å². The lowest BCUT2D eigenvalue weighted by molar-refractivity contribution is 0.316. The van der Waals surface area contributed by atoms with Crippen molar-refractivity contribution in [2.45, 2.75) is 31.2 Å². The zero-order valence-corrected chi connectivity index (χ0v) is 14.1. The molecular weight excluding hydrogens is 325 g/mol. The molecule has 2 aromatic carbocycles. The van der Waals surface area contributed by atoms with Crippen LogP contribution < -0.4 is 5.73 Å². The molecule has 0 radical (unpaired) electrons. The standard InChI is InChI=1S/C20H23F3N2/c21-18-12-20(23)19(22)11-16(18)10-17(24)7-9-25-8-6-15(13-25)14-4-2-1-3-5-14/h1-5,11-12,15,17H,6-10,13,24H2. The van der Waals surface area contributed by atoms with Crippen LogP contribution in [0, 0.1) is 17.5 Å². The van der Waals surface area contributed by atoms with E-state index >= 15 is 0 Å². The average Bonchev–Trinajstić information content (AvgIpc) is 3.08. The van der Waals surface area contributed by atoms with Gasteiger partial charge in [-0.15, -0.1) is 0 Å². The summed E-state index contributed by atoms with van der Waals surface area (Å²) in [5, 5.41) is 0. The van der Waals surface area contributed by atoms with E-state index in [0.717, 1.165) is 32.1 Å². The normalized spacial score (nSPS) is 19.3. The van der Waals surface area contributed by atoms with Crippen LogP contribution in [0.4, 0.5) is 13.2 Å². The molecule has 1 aliphatic heterocycles. The number of nitrogens with two attached hydrogens (primary N) is 1. The average molecular weight is 348 g/mol. The van der Waals surface area contributed by atoms with Gasteiger partial charge in [-0.05, 0) is 55.5 Å². The molecule has 25 heavy (non-hydrogen) atoms. The Morgan fingerprint density at radius 2 is 1.76 bits per heavy atom. The van der Waals surface area contributed by atoms with E-state index in [1.807, 2.05) is 6.07 Å². The molecule has 2 atom stereocenters. The fourth-order valence-corrected chi connectivity index (χ4v) is 3.49. The van der Waals surface area contributed by atoms with Gasteiger partial charge < -0.3 is 10.6 Å². The number of hydrogen-bond donors (Lipinski definition) is 1. The third-order valence-electron chi connectivity index (χ3n) is 4.93. The molecule has 2 unspecified atom stereocenters. The number of likely N-dealkylation sites (tertiary alicyclic amines) is 1. The molecule has 2 N–H and O–H groups in total. The highest BCUT2D eigenvalue weighted by Crippen LogP contribution is 2.27. The predicted octanol–water partition coefficient (Wildman–Crippen LogP) is 3.85. The SMILES string of the molecule is NC(CCN1CCC(c2ccccc2)C1)Cc1cc(F)c(F)cc1F. The van der Waals surface area contributed by atoms with E-state index in [1.54, 1.807) is 0 Å². The summed E-state index contributed by atoms with van der Waals surface area (Å²) in [6.07, 6.45) is 2.02. The van der Waals surface area contributed by atoms with Crippen LogP contribution in [0.3, 0.4) is 0 Å². The monoisotopic (exact) mass is 348 g/mol. The van der Waals surface area contributed by atoms with Crippen molar-refractivity contribution in [1.82, 2.24) is 4.90 Å². The van der Waals surface area contributed by atoms with Gasteiger partial charge in [0.25, 0.3) is 0 Å². The van der Waals surface area contributed by atoms with Crippen molar-refractivity contribution in [1.29, 1.82) is 0 Å². The molecule has 1 aliphatic rings. The summed E-state index contributed by atoms with van der Waals surface area (Å²) < 4.78 is 39.9. The quantitative estimate of drug-likeness (QED) is 0.804. The van der Waals surface area contributed by atoms with Gasteiger partial charge in [-0.25, -0.2) is 13.2 Å².